The number of sulfonamides is 1. The van der Waals surface area contributed by atoms with Gasteiger partial charge in [0.25, 0.3) is 0 Å². The molecule has 0 radical (unpaired) electrons. The normalized spacial score (nSPS) is 11.6. The van der Waals surface area contributed by atoms with E-state index >= 15 is 0 Å². The fourth-order valence-corrected chi connectivity index (χ4v) is 3.63. The number of anilines is 1. The van der Waals surface area contributed by atoms with Crippen molar-refractivity contribution in [3.05, 3.63) is 59.7 Å². The van der Waals surface area contributed by atoms with E-state index in [4.69, 9.17) is 4.74 Å². The van der Waals surface area contributed by atoms with Gasteiger partial charge in [0.1, 0.15) is 12.3 Å². The highest BCUT2D eigenvalue weighted by molar-refractivity contribution is 7.92. The summed E-state index contributed by atoms with van der Waals surface area (Å²) in [4.78, 5) is 12.4. The number of nitrogens with zero attached hydrogens (tertiary/aromatic N) is 1. The van der Waals surface area contributed by atoms with Crippen LogP contribution >= 0.6 is 0 Å². The number of ether oxygens (including phenoxy) is 1. The molecular formula is C22H30N2O4S. The lowest BCUT2D eigenvalue weighted by Crippen LogP contribution is -2.40. The van der Waals surface area contributed by atoms with Crippen molar-refractivity contribution in [1.82, 2.24) is 5.32 Å². The van der Waals surface area contributed by atoms with Crippen LogP contribution in [0.2, 0.25) is 0 Å². The smallest absolute Gasteiger partial charge is 0.241 e. The van der Waals surface area contributed by atoms with E-state index in [1.165, 1.54) is 0 Å². The lowest BCUT2D eigenvalue weighted by atomic mass is 10.0. The van der Waals surface area contributed by atoms with Crippen molar-refractivity contribution in [1.29, 1.82) is 0 Å². The van der Waals surface area contributed by atoms with E-state index in [-0.39, 0.29) is 18.6 Å². The number of hydrogen-bond donors (Lipinski definition) is 1. The molecule has 1 N–H and O–H groups in total. The predicted molar refractivity (Wildman–Crippen MR) is 117 cm³/mol. The van der Waals surface area contributed by atoms with Crippen molar-refractivity contribution in [3.8, 4) is 5.75 Å². The van der Waals surface area contributed by atoms with Crippen molar-refractivity contribution in [2.45, 2.75) is 46.3 Å². The number of rotatable bonds is 9. The van der Waals surface area contributed by atoms with Gasteiger partial charge in [-0.05, 0) is 55.2 Å². The summed E-state index contributed by atoms with van der Waals surface area (Å²) in [7, 11) is -3.59. The van der Waals surface area contributed by atoms with Crippen LogP contribution in [0.3, 0.4) is 0 Å². The molecule has 0 aliphatic rings. The quantitative estimate of drug-likeness (QED) is 0.674. The van der Waals surface area contributed by atoms with Crippen LogP contribution in [0.1, 0.15) is 44.7 Å². The van der Waals surface area contributed by atoms with Gasteiger partial charge in [-0.1, -0.05) is 38.1 Å². The van der Waals surface area contributed by atoms with E-state index in [2.05, 4.69) is 19.2 Å². The molecule has 6 nitrogen and oxygen atoms in total. The highest BCUT2D eigenvalue weighted by Gasteiger charge is 2.20. The van der Waals surface area contributed by atoms with Gasteiger partial charge in [0.2, 0.25) is 15.9 Å². The molecule has 7 heteroatoms. The summed E-state index contributed by atoms with van der Waals surface area (Å²) < 4.78 is 31.1. The highest BCUT2D eigenvalue weighted by atomic mass is 32.2. The van der Waals surface area contributed by atoms with Crippen molar-refractivity contribution >= 4 is 21.6 Å². The molecule has 0 aliphatic heterocycles. The van der Waals surface area contributed by atoms with Gasteiger partial charge in [-0.2, -0.15) is 0 Å². The molecule has 0 spiro atoms. The van der Waals surface area contributed by atoms with Crippen molar-refractivity contribution in [2.75, 3.05) is 17.1 Å². The number of nitrogens with one attached hydrogen (secondary N) is 1. The Labute approximate surface area is 173 Å². The Hall–Kier alpha value is -2.54. The molecule has 0 aliphatic carbocycles. The molecule has 2 rings (SSSR count). The molecule has 2 aromatic rings. The molecule has 0 saturated carbocycles. The topological polar surface area (TPSA) is 75.7 Å². The Kier molecular flexibility index (Phi) is 7.67. The number of hydrogen-bond acceptors (Lipinski definition) is 4. The Morgan fingerprint density at radius 2 is 1.59 bits per heavy atom. The maximum Gasteiger partial charge on any atom is 0.241 e. The van der Waals surface area contributed by atoms with Gasteiger partial charge < -0.3 is 10.1 Å². The maximum atomic E-state index is 12.4. The van der Waals surface area contributed by atoms with Gasteiger partial charge in [-0.25, -0.2) is 8.42 Å². The van der Waals surface area contributed by atoms with Crippen molar-refractivity contribution < 1.29 is 17.9 Å². The third-order valence-electron chi connectivity index (χ3n) is 4.32. The van der Waals surface area contributed by atoms with E-state index in [1.807, 2.05) is 50.2 Å². The zero-order valence-corrected chi connectivity index (χ0v) is 18.5. The minimum Gasteiger partial charge on any atom is -0.491 e. The van der Waals surface area contributed by atoms with Gasteiger partial charge in [0.05, 0.1) is 18.0 Å². The molecular weight excluding hydrogens is 388 g/mol. The fraction of sp³-hybridized carbons (Fsp3) is 0.409. The van der Waals surface area contributed by atoms with Crippen LogP contribution in [0.25, 0.3) is 0 Å². The zero-order valence-electron chi connectivity index (χ0n) is 17.7. The minimum absolute atomic E-state index is 0.0946. The van der Waals surface area contributed by atoms with Crippen LogP contribution in [0.5, 0.6) is 5.75 Å². The van der Waals surface area contributed by atoms with Gasteiger partial charge in [-0.15, -0.1) is 0 Å². The summed E-state index contributed by atoms with van der Waals surface area (Å²) in [6.07, 6.45) is 1.20. The number of benzene rings is 2. The number of amides is 1. The second kappa shape index (κ2) is 9.78. The Morgan fingerprint density at radius 3 is 2.07 bits per heavy atom. The van der Waals surface area contributed by atoms with E-state index in [0.717, 1.165) is 27.4 Å². The molecule has 29 heavy (non-hydrogen) atoms. The lowest BCUT2D eigenvalue weighted by molar-refractivity contribution is -0.119. The highest BCUT2D eigenvalue weighted by Crippen LogP contribution is 2.22. The number of carbonyl (C=O) groups is 1. The molecule has 0 unspecified atom stereocenters. The first-order chi connectivity index (χ1) is 13.6. The first-order valence-electron chi connectivity index (χ1n) is 9.66. The van der Waals surface area contributed by atoms with Crippen molar-refractivity contribution in [3.63, 3.8) is 0 Å². The standard InChI is InChI=1S/C22H30N2O4S/c1-16(2)19-8-10-20(11-9-19)24(29(5,26)27)15-22(25)23-14-18-6-12-21(13-7-18)28-17(3)4/h6-13,16-17H,14-15H2,1-5H3,(H,23,25). The molecule has 0 saturated heterocycles. The fourth-order valence-electron chi connectivity index (χ4n) is 2.77. The molecule has 1 amide bonds. The van der Waals surface area contributed by atoms with E-state index in [1.54, 1.807) is 12.1 Å². The minimum atomic E-state index is -3.59. The molecule has 0 aromatic heterocycles. The van der Waals surface area contributed by atoms with E-state index in [9.17, 15) is 13.2 Å². The summed E-state index contributed by atoms with van der Waals surface area (Å²) in [5.74, 6) is 0.741. The zero-order chi connectivity index (χ0) is 21.6. The first kappa shape index (κ1) is 22.7. The van der Waals surface area contributed by atoms with Crippen LogP contribution < -0.4 is 14.4 Å². The summed E-state index contributed by atoms with van der Waals surface area (Å²) in [6, 6.07) is 14.7. The summed E-state index contributed by atoms with van der Waals surface area (Å²) in [5.41, 5.74) is 2.49. The summed E-state index contributed by atoms with van der Waals surface area (Å²) in [6.45, 7) is 8.09. The first-order valence-corrected chi connectivity index (χ1v) is 11.5. The van der Waals surface area contributed by atoms with Crippen LogP contribution in [-0.2, 0) is 21.4 Å². The van der Waals surface area contributed by atoms with Crippen LogP contribution in [0.15, 0.2) is 48.5 Å². The largest absolute Gasteiger partial charge is 0.491 e. The van der Waals surface area contributed by atoms with Crippen LogP contribution in [0.4, 0.5) is 5.69 Å². The summed E-state index contributed by atoms with van der Waals surface area (Å²) >= 11 is 0. The average Bonchev–Trinajstić information content (AvgIpc) is 2.64. The molecule has 0 fully saturated rings. The molecule has 0 bridgehead atoms. The summed E-state index contributed by atoms with van der Waals surface area (Å²) in [5, 5.41) is 2.78. The lowest BCUT2D eigenvalue weighted by Gasteiger charge is -2.22. The molecule has 0 atom stereocenters. The SMILES string of the molecule is CC(C)Oc1ccc(CNC(=O)CN(c2ccc(C(C)C)cc2)S(C)(=O)=O)cc1. The predicted octanol–water partition coefficient (Wildman–Crippen LogP) is 3.68. The van der Waals surface area contributed by atoms with Crippen LogP contribution in [0, 0.1) is 0 Å². The molecule has 0 heterocycles. The second-order valence-corrected chi connectivity index (χ2v) is 9.51. The molecule has 2 aromatic carbocycles. The maximum absolute atomic E-state index is 12.4. The van der Waals surface area contributed by atoms with E-state index in [0.29, 0.717) is 18.2 Å². The molecule has 158 valence electrons. The average molecular weight is 419 g/mol. The van der Waals surface area contributed by atoms with Gasteiger partial charge in [-0.3, -0.25) is 9.10 Å². The van der Waals surface area contributed by atoms with Gasteiger partial charge in [0.15, 0.2) is 0 Å². The number of carbonyl (C=O) groups excluding carboxylic acids is 1. The van der Waals surface area contributed by atoms with Gasteiger partial charge in [0, 0.05) is 6.54 Å². The Morgan fingerprint density at radius 1 is 1.00 bits per heavy atom. The van der Waals surface area contributed by atoms with Gasteiger partial charge >= 0.3 is 0 Å². The van der Waals surface area contributed by atoms with Crippen LogP contribution in [-0.4, -0.2) is 33.2 Å². The third kappa shape index (κ3) is 7.09. The van der Waals surface area contributed by atoms with Crippen molar-refractivity contribution in [2.24, 2.45) is 0 Å². The monoisotopic (exact) mass is 418 g/mol. The van der Waals surface area contributed by atoms with E-state index < -0.39 is 10.0 Å². The second-order valence-electron chi connectivity index (χ2n) is 7.60. The third-order valence-corrected chi connectivity index (χ3v) is 5.46. The Balaban J connectivity index is 2.01. The Bertz CT molecular complexity index is 905.